The highest BCUT2D eigenvalue weighted by Gasteiger charge is 2.49. The molecule has 356 valence electrons. The van der Waals surface area contributed by atoms with Crippen molar-refractivity contribution in [2.24, 2.45) is 0 Å². The maximum absolute atomic E-state index is 7.25. The molecule has 2 aliphatic heterocycles. The minimum Gasteiger partial charge on any atom is -0.456 e. The van der Waals surface area contributed by atoms with E-state index in [0.29, 0.717) is 0 Å². The summed E-state index contributed by atoms with van der Waals surface area (Å²) >= 11 is 0. The van der Waals surface area contributed by atoms with E-state index in [1.165, 1.54) is 118 Å². The van der Waals surface area contributed by atoms with E-state index in [0.717, 1.165) is 63.4 Å². The predicted molar refractivity (Wildman–Crippen MR) is 308 cm³/mol. The number of para-hydroxylation sites is 1. The molecule has 4 nitrogen and oxygen atoms in total. The van der Waals surface area contributed by atoms with Gasteiger partial charge in [0.25, 0.3) is 0 Å². The van der Waals surface area contributed by atoms with E-state index in [4.69, 9.17) is 8.83 Å². The number of anilines is 5. The third kappa shape index (κ3) is 5.85. The van der Waals surface area contributed by atoms with E-state index in [1.807, 2.05) is 0 Å². The van der Waals surface area contributed by atoms with Crippen LogP contribution in [0.15, 0.2) is 160 Å². The van der Waals surface area contributed by atoms with E-state index in [2.05, 4.69) is 217 Å². The van der Waals surface area contributed by atoms with Crippen LogP contribution in [0, 0.1) is 6.92 Å². The van der Waals surface area contributed by atoms with E-state index < -0.39 is 0 Å². The fourth-order valence-corrected chi connectivity index (χ4v) is 14.2. The molecule has 0 atom stereocenters. The topological polar surface area (TPSA) is 32.8 Å². The molecule has 73 heavy (non-hydrogen) atoms. The van der Waals surface area contributed by atoms with Gasteiger partial charge >= 0.3 is 6.85 Å². The van der Waals surface area contributed by atoms with Crippen molar-refractivity contribution in [3.8, 4) is 22.3 Å². The van der Waals surface area contributed by atoms with Crippen molar-refractivity contribution < 1.29 is 8.83 Å². The molecule has 9 aromatic carbocycles. The van der Waals surface area contributed by atoms with Gasteiger partial charge in [-0.25, -0.2) is 0 Å². The van der Waals surface area contributed by atoms with Crippen molar-refractivity contribution >= 4 is 101 Å². The number of fused-ring (bicyclic) bond motifs is 17. The largest absolute Gasteiger partial charge is 0.456 e. The Hall–Kier alpha value is -7.50. The lowest BCUT2D eigenvalue weighted by Crippen LogP contribution is -2.61. The number of rotatable bonds is 5. The fraction of sp³-hybridized carbons (Fsp3) is 0.235. The van der Waals surface area contributed by atoms with Gasteiger partial charge in [0.05, 0.1) is 0 Å². The second-order valence-corrected chi connectivity index (χ2v) is 23.7. The van der Waals surface area contributed by atoms with Gasteiger partial charge in [0.15, 0.2) is 0 Å². The number of aryl methyl sites for hydroxylation is 2. The Morgan fingerprint density at radius 3 is 2.05 bits per heavy atom. The van der Waals surface area contributed by atoms with E-state index >= 15 is 0 Å². The number of hydrogen-bond acceptors (Lipinski definition) is 4. The number of unbranched alkanes of at least 4 members (excludes halogenated alkanes) is 1. The SMILES string of the molecule is CCCCc1ccc(N2c3cc4oc5cc6c(cc5c4cc3B3c4c2cc2c(oc5ccccc52)c4-c2c(ccc4ccccc24)N3c2ccc3c(c2)C(C)(C)c2ccccc2-3)C(C)(C)CCC6(C)C)c(C)c1. The van der Waals surface area contributed by atoms with Crippen LogP contribution in [-0.2, 0) is 22.7 Å². The van der Waals surface area contributed by atoms with Crippen LogP contribution in [0.1, 0.15) is 108 Å². The van der Waals surface area contributed by atoms with Gasteiger partial charge in [0, 0.05) is 72.6 Å². The molecule has 0 spiro atoms. The average Bonchev–Trinajstić information content (AvgIpc) is 4.03. The number of hydrogen-bond donors (Lipinski definition) is 0. The highest BCUT2D eigenvalue weighted by Crippen LogP contribution is 2.56. The smallest absolute Gasteiger partial charge is 0.333 e. The quantitative estimate of drug-likeness (QED) is 0.161. The van der Waals surface area contributed by atoms with Crippen molar-refractivity contribution in [1.82, 2.24) is 0 Å². The normalized spacial score (nSPS) is 16.5. The molecule has 0 saturated heterocycles. The molecule has 15 rings (SSSR count). The van der Waals surface area contributed by atoms with Crippen LogP contribution in [0.2, 0.25) is 0 Å². The lowest BCUT2D eigenvalue weighted by Gasteiger charge is -2.46. The summed E-state index contributed by atoms with van der Waals surface area (Å²) in [7, 11) is 0. The number of nitrogens with zero attached hydrogens (tertiary/aromatic N) is 2. The van der Waals surface area contributed by atoms with Crippen molar-refractivity contribution in [1.29, 1.82) is 0 Å². The Labute approximate surface area is 428 Å². The third-order valence-corrected chi connectivity index (χ3v) is 18.2. The van der Waals surface area contributed by atoms with Crippen LogP contribution in [0.5, 0.6) is 0 Å². The first-order valence-corrected chi connectivity index (χ1v) is 26.8. The van der Waals surface area contributed by atoms with Crippen LogP contribution in [0.25, 0.3) is 76.9 Å². The summed E-state index contributed by atoms with van der Waals surface area (Å²) in [6, 6.07) is 58.1. The van der Waals surface area contributed by atoms with Crippen molar-refractivity contribution in [2.45, 2.75) is 104 Å². The Kier molecular flexibility index (Phi) is 8.75. The standard InChI is InChI=1S/C68H59BN2O2/c1-9-10-17-40-24-28-55(39(2)32-40)70-57-38-61-48(47-34-52-53(37-60(47)72-61)67(5,6)31-30-66(52,3)4)35-54(57)69-64-58(70)36-49-46-21-14-16-23-59(46)73-65(49)63(64)62-43-19-12-11-18-41(43)25-29-56(62)71(69)42-26-27-45-44-20-13-15-22-50(44)68(7,8)51(45)33-42/h11-16,18-29,32-38H,9-10,17,30-31H2,1-8H3. The van der Waals surface area contributed by atoms with Crippen LogP contribution >= 0.6 is 0 Å². The minimum absolute atomic E-state index is 0.0495. The van der Waals surface area contributed by atoms with Gasteiger partial charge in [-0.05, 0) is 158 Å². The van der Waals surface area contributed by atoms with Gasteiger partial charge in [-0.2, -0.15) is 0 Å². The van der Waals surface area contributed by atoms with Crippen molar-refractivity contribution in [3.05, 3.63) is 185 Å². The van der Waals surface area contributed by atoms with Crippen LogP contribution in [0.4, 0.5) is 28.4 Å². The van der Waals surface area contributed by atoms with Gasteiger partial charge in [-0.15, -0.1) is 0 Å². The number of benzene rings is 9. The summed E-state index contributed by atoms with van der Waals surface area (Å²) in [6.07, 6.45) is 5.70. The van der Waals surface area contributed by atoms with Crippen LogP contribution < -0.4 is 20.6 Å². The molecule has 4 heterocycles. The number of furan rings is 2. The summed E-state index contributed by atoms with van der Waals surface area (Å²) in [6.45, 7) is 18.8. The van der Waals surface area contributed by atoms with Crippen molar-refractivity contribution in [3.63, 3.8) is 0 Å². The fourth-order valence-electron chi connectivity index (χ4n) is 14.2. The predicted octanol–water partition coefficient (Wildman–Crippen LogP) is 17.7. The molecule has 0 unspecified atom stereocenters. The van der Waals surface area contributed by atoms with E-state index in [9.17, 15) is 0 Å². The summed E-state index contributed by atoms with van der Waals surface area (Å²) in [5.74, 6) is 0. The molecule has 0 N–H and O–H groups in total. The third-order valence-electron chi connectivity index (χ3n) is 18.2. The Morgan fingerprint density at radius 1 is 0.521 bits per heavy atom. The second-order valence-electron chi connectivity index (χ2n) is 23.7. The van der Waals surface area contributed by atoms with E-state index in [1.54, 1.807) is 0 Å². The molecule has 0 saturated carbocycles. The highest BCUT2D eigenvalue weighted by atomic mass is 16.3. The molecule has 0 radical (unpaired) electrons. The monoisotopic (exact) mass is 946 g/mol. The molecule has 0 fully saturated rings. The summed E-state index contributed by atoms with van der Waals surface area (Å²) in [5.41, 5.74) is 25.2. The van der Waals surface area contributed by atoms with Gasteiger partial charge in [0.2, 0.25) is 0 Å². The van der Waals surface area contributed by atoms with Gasteiger partial charge < -0.3 is 18.5 Å². The zero-order valence-corrected chi connectivity index (χ0v) is 43.3. The first-order valence-electron chi connectivity index (χ1n) is 26.8. The molecule has 2 aliphatic carbocycles. The molecule has 0 amide bonds. The maximum atomic E-state index is 7.25. The molecular formula is C68H59BN2O2. The maximum Gasteiger partial charge on any atom is 0.333 e. The molecule has 2 aromatic heterocycles. The van der Waals surface area contributed by atoms with E-state index in [-0.39, 0.29) is 23.1 Å². The van der Waals surface area contributed by atoms with Crippen LogP contribution in [-0.4, -0.2) is 6.85 Å². The molecule has 0 bridgehead atoms. The van der Waals surface area contributed by atoms with Crippen LogP contribution in [0.3, 0.4) is 0 Å². The highest BCUT2D eigenvalue weighted by molar-refractivity contribution is 6.94. The van der Waals surface area contributed by atoms with Crippen molar-refractivity contribution in [2.75, 3.05) is 9.71 Å². The Balaban J connectivity index is 1.10. The minimum atomic E-state index is -0.237. The first-order chi connectivity index (χ1) is 35.3. The lowest BCUT2D eigenvalue weighted by atomic mass is 9.43. The molecule has 11 aromatic rings. The average molecular weight is 947 g/mol. The summed E-state index contributed by atoms with van der Waals surface area (Å²) in [4.78, 5) is 5.28. The van der Waals surface area contributed by atoms with Gasteiger partial charge in [-0.3, -0.25) is 0 Å². The molecular weight excluding hydrogens is 888 g/mol. The zero-order valence-electron chi connectivity index (χ0n) is 43.3. The molecule has 5 heteroatoms. The first kappa shape index (κ1) is 43.1. The second kappa shape index (κ2) is 14.8. The Morgan fingerprint density at radius 2 is 1.23 bits per heavy atom. The molecule has 4 aliphatic rings. The lowest BCUT2D eigenvalue weighted by molar-refractivity contribution is 0.332. The van der Waals surface area contributed by atoms with Gasteiger partial charge in [-0.1, -0.05) is 152 Å². The summed E-state index contributed by atoms with van der Waals surface area (Å²) < 4.78 is 14.5. The summed E-state index contributed by atoms with van der Waals surface area (Å²) in [5, 5.41) is 7.02. The Bertz CT molecular complexity index is 4220. The van der Waals surface area contributed by atoms with Gasteiger partial charge in [0.1, 0.15) is 22.3 Å². The zero-order chi connectivity index (χ0) is 49.4.